The third-order valence-corrected chi connectivity index (χ3v) is 3.34. The number of piperazine rings is 1. The lowest BCUT2D eigenvalue weighted by Crippen LogP contribution is -2.47. The number of rotatable bonds is 3. The second kappa shape index (κ2) is 5.79. The van der Waals surface area contributed by atoms with Crippen molar-refractivity contribution in [2.45, 2.75) is 19.4 Å². The minimum atomic E-state index is -2.68. The van der Waals surface area contributed by atoms with E-state index in [2.05, 4.69) is 5.32 Å². The topological polar surface area (TPSA) is 35.5 Å². The molecule has 1 saturated heterocycles. The SMILES string of the molecule is Cc1cc(F)c(O)c([C@@H](C(F)F)N2CCNCC2)c1. The molecule has 106 valence electrons. The third kappa shape index (κ3) is 3.01. The number of alkyl halides is 2. The number of nitrogens with one attached hydrogen (secondary N) is 1. The Bertz CT molecular complexity index is 448. The summed E-state index contributed by atoms with van der Waals surface area (Å²) in [6.07, 6.45) is -2.68. The highest BCUT2D eigenvalue weighted by molar-refractivity contribution is 5.40. The third-order valence-electron chi connectivity index (χ3n) is 3.34. The van der Waals surface area contributed by atoms with Crippen molar-refractivity contribution in [1.29, 1.82) is 0 Å². The molecule has 2 rings (SSSR count). The Morgan fingerprint density at radius 2 is 1.89 bits per heavy atom. The van der Waals surface area contributed by atoms with Crippen LogP contribution in [-0.4, -0.2) is 42.6 Å². The van der Waals surface area contributed by atoms with Gasteiger partial charge in [0.15, 0.2) is 11.6 Å². The fourth-order valence-corrected chi connectivity index (χ4v) is 2.44. The van der Waals surface area contributed by atoms with E-state index in [9.17, 15) is 18.3 Å². The first-order chi connectivity index (χ1) is 9.00. The molecule has 3 nitrogen and oxygen atoms in total. The van der Waals surface area contributed by atoms with E-state index in [1.165, 1.54) is 6.07 Å². The predicted molar refractivity (Wildman–Crippen MR) is 66.0 cm³/mol. The van der Waals surface area contributed by atoms with Crippen LogP contribution in [0.25, 0.3) is 0 Å². The molecule has 6 heteroatoms. The summed E-state index contributed by atoms with van der Waals surface area (Å²) in [5, 5.41) is 12.8. The van der Waals surface area contributed by atoms with E-state index in [-0.39, 0.29) is 5.56 Å². The molecule has 0 spiro atoms. The first-order valence-corrected chi connectivity index (χ1v) is 6.22. The lowest BCUT2D eigenvalue weighted by Gasteiger charge is -2.35. The van der Waals surface area contributed by atoms with Crippen molar-refractivity contribution >= 4 is 0 Å². The highest BCUT2D eigenvalue weighted by Crippen LogP contribution is 2.35. The van der Waals surface area contributed by atoms with Gasteiger partial charge in [-0.3, -0.25) is 4.90 Å². The highest BCUT2D eigenvalue weighted by atomic mass is 19.3. The average Bonchev–Trinajstić information content (AvgIpc) is 2.36. The van der Waals surface area contributed by atoms with Gasteiger partial charge in [0, 0.05) is 31.7 Å². The molecule has 1 aliphatic heterocycles. The van der Waals surface area contributed by atoms with Crippen LogP contribution >= 0.6 is 0 Å². The van der Waals surface area contributed by atoms with Gasteiger partial charge in [-0.25, -0.2) is 13.2 Å². The van der Waals surface area contributed by atoms with Crippen molar-refractivity contribution in [3.05, 3.63) is 29.1 Å². The fourth-order valence-electron chi connectivity index (χ4n) is 2.44. The van der Waals surface area contributed by atoms with Crippen LogP contribution in [0.5, 0.6) is 5.75 Å². The van der Waals surface area contributed by atoms with Crippen LogP contribution in [-0.2, 0) is 0 Å². The largest absolute Gasteiger partial charge is 0.505 e. The number of nitrogens with zero attached hydrogens (tertiary/aromatic N) is 1. The van der Waals surface area contributed by atoms with Crippen LogP contribution in [0.3, 0.4) is 0 Å². The Hall–Kier alpha value is -1.27. The van der Waals surface area contributed by atoms with Crippen molar-refractivity contribution < 1.29 is 18.3 Å². The van der Waals surface area contributed by atoms with Gasteiger partial charge in [0.1, 0.15) is 6.04 Å². The number of phenols is 1. The Morgan fingerprint density at radius 1 is 1.26 bits per heavy atom. The van der Waals surface area contributed by atoms with E-state index in [1.807, 2.05) is 0 Å². The van der Waals surface area contributed by atoms with Crippen molar-refractivity contribution in [2.75, 3.05) is 26.2 Å². The average molecular weight is 274 g/mol. The number of aromatic hydroxyl groups is 1. The summed E-state index contributed by atoms with van der Waals surface area (Å²) in [6, 6.07) is 1.30. The zero-order valence-electron chi connectivity index (χ0n) is 10.7. The smallest absolute Gasteiger partial charge is 0.258 e. The number of hydrogen-bond donors (Lipinski definition) is 2. The molecular formula is C13H17F3N2O. The molecule has 1 aliphatic rings. The summed E-state index contributed by atoms with van der Waals surface area (Å²) in [4.78, 5) is 1.58. The summed E-state index contributed by atoms with van der Waals surface area (Å²) in [7, 11) is 0. The lowest BCUT2D eigenvalue weighted by atomic mass is 10.0. The molecule has 0 aromatic heterocycles. The predicted octanol–water partition coefficient (Wildman–Crippen LogP) is 2.05. The zero-order chi connectivity index (χ0) is 14.0. The minimum absolute atomic E-state index is 0.0330. The molecule has 1 atom stereocenters. The van der Waals surface area contributed by atoms with E-state index in [4.69, 9.17) is 0 Å². The van der Waals surface area contributed by atoms with E-state index in [0.717, 1.165) is 6.07 Å². The summed E-state index contributed by atoms with van der Waals surface area (Å²) in [6.45, 7) is 3.73. The van der Waals surface area contributed by atoms with Crippen molar-refractivity contribution in [2.24, 2.45) is 0 Å². The van der Waals surface area contributed by atoms with Gasteiger partial charge >= 0.3 is 0 Å². The Morgan fingerprint density at radius 3 is 2.47 bits per heavy atom. The zero-order valence-corrected chi connectivity index (χ0v) is 10.7. The molecule has 0 saturated carbocycles. The first-order valence-electron chi connectivity index (χ1n) is 6.22. The standard InChI is InChI=1S/C13H17F3N2O/c1-8-6-9(12(19)10(14)7-8)11(13(15)16)18-4-2-17-3-5-18/h6-7,11,13,17,19H,2-5H2,1H3/t11-/m0/s1. The summed E-state index contributed by atoms with van der Waals surface area (Å²) < 4.78 is 40.1. The van der Waals surface area contributed by atoms with E-state index >= 15 is 0 Å². The Kier molecular flexibility index (Phi) is 4.31. The number of aryl methyl sites for hydroxylation is 1. The maximum Gasteiger partial charge on any atom is 0.258 e. The van der Waals surface area contributed by atoms with Crippen molar-refractivity contribution in [3.8, 4) is 5.75 Å². The van der Waals surface area contributed by atoms with Gasteiger partial charge in [0.25, 0.3) is 6.43 Å². The van der Waals surface area contributed by atoms with Crippen LogP contribution < -0.4 is 5.32 Å². The molecular weight excluding hydrogens is 257 g/mol. The molecule has 0 aliphatic carbocycles. The second-order valence-electron chi connectivity index (χ2n) is 4.75. The van der Waals surface area contributed by atoms with E-state index < -0.39 is 24.0 Å². The van der Waals surface area contributed by atoms with Gasteiger partial charge in [-0.15, -0.1) is 0 Å². The maximum atomic E-state index is 13.5. The molecule has 0 radical (unpaired) electrons. The molecule has 1 aromatic carbocycles. The van der Waals surface area contributed by atoms with Gasteiger partial charge in [0.05, 0.1) is 0 Å². The van der Waals surface area contributed by atoms with Gasteiger partial charge in [0.2, 0.25) is 0 Å². The Labute approximate surface area is 110 Å². The molecule has 0 bridgehead atoms. The molecule has 19 heavy (non-hydrogen) atoms. The number of hydrogen-bond acceptors (Lipinski definition) is 3. The lowest BCUT2D eigenvalue weighted by molar-refractivity contribution is 0.0168. The molecule has 1 fully saturated rings. The van der Waals surface area contributed by atoms with Crippen molar-refractivity contribution in [3.63, 3.8) is 0 Å². The first kappa shape index (κ1) is 14.1. The maximum absolute atomic E-state index is 13.5. The van der Waals surface area contributed by atoms with Crippen LogP contribution in [0, 0.1) is 12.7 Å². The Balaban J connectivity index is 2.38. The van der Waals surface area contributed by atoms with Gasteiger partial charge in [-0.05, 0) is 18.6 Å². The summed E-state index contributed by atoms with van der Waals surface area (Å²) >= 11 is 0. The molecule has 2 N–H and O–H groups in total. The molecule has 1 aromatic rings. The monoisotopic (exact) mass is 274 g/mol. The van der Waals surface area contributed by atoms with Gasteiger partial charge < -0.3 is 10.4 Å². The van der Waals surface area contributed by atoms with Crippen LogP contribution in [0.1, 0.15) is 17.2 Å². The highest BCUT2D eigenvalue weighted by Gasteiger charge is 2.33. The van der Waals surface area contributed by atoms with Gasteiger partial charge in [-0.1, -0.05) is 6.07 Å². The quantitative estimate of drug-likeness (QED) is 0.885. The van der Waals surface area contributed by atoms with Crippen LogP contribution in [0.2, 0.25) is 0 Å². The van der Waals surface area contributed by atoms with Gasteiger partial charge in [-0.2, -0.15) is 0 Å². The molecule has 0 amide bonds. The second-order valence-corrected chi connectivity index (χ2v) is 4.75. The molecule has 0 unspecified atom stereocenters. The van der Waals surface area contributed by atoms with E-state index in [0.29, 0.717) is 31.7 Å². The summed E-state index contributed by atoms with van der Waals surface area (Å²) in [5.41, 5.74) is 0.487. The fraction of sp³-hybridized carbons (Fsp3) is 0.538. The number of halogens is 3. The summed E-state index contributed by atoms with van der Waals surface area (Å²) in [5.74, 6) is -1.52. The van der Waals surface area contributed by atoms with E-state index in [1.54, 1.807) is 11.8 Å². The minimum Gasteiger partial charge on any atom is -0.505 e. The molecule has 1 heterocycles. The number of benzene rings is 1. The van der Waals surface area contributed by atoms with Crippen molar-refractivity contribution in [1.82, 2.24) is 10.2 Å². The van der Waals surface area contributed by atoms with Crippen LogP contribution in [0.15, 0.2) is 12.1 Å². The normalized spacial score (nSPS) is 18.8. The van der Waals surface area contributed by atoms with Crippen LogP contribution in [0.4, 0.5) is 13.2 Å². The number of phenolic OH excluding ortho intramolecular Hbond substituents is 1.